The number of nitrogens with zero attached hydrogens (tertiary/aromatic N) is 1. The molecule has 1 fully saturated rings. The van der Waals surface area contributed by atoms with E-state index < -0.39 is 0 Å². The molecule has 0 aromatic heterocycles. The van der Waals surface area contributed by atoms with E-state index in [2.05, 4.69) is 20.9 Å². The van der Waals surface area contributed by atoms with Crippen molar-refractivity contribution in [2.45, 2.75) is 65.2 Å². The molecule has 0 bridgehead atoms. The lowest BCUT2D eigenvalue weighted by molar-refractivity contribution is -0.119. The Morgan fingerprint density at radius 2 is 1.78 bits per heavy atom. The molecule has 0 atom stereocenters. The highest BCUT2D eigenvalue weighted by molar-refractivity contribution is 14.0. The number of amides is 1. The van der Waals surface area contributed by atoms with Gasteiger partial charge < -0.3 is 16.0 Å². The van der Waals surface area contributed by atoms with Gasteiger partial charge in [0.1, 0.15) is 6.54 Å². The normalized spacial score (nSPS) is 15.7. The van der Waals surface area contributed by atoms with E-state index in [9.17, 15) is 4.79 Å². The number of guanidine groups is 1. The van der Waals surface area contributed by atoms with E-state index in [-0.39, 0.29) is 36.4 Å². The smallest absolute Gasteiger partial charge is 0.241 e. The van der Waals surface area contributed by atoms with Crippen LogP contribution in [0, 0.1) is 5.92 Å². The zero-order valence-corrected chi connectivity index (χ0v) is 17.2. The summed E-state index contributed by atoms with van der Waals surface area (Å²) in [4.78, 5) is 15.9. The number of hydrogen-bond acceptors (Lipinski definition) is 2. The van der Waals surface area contributed by atoms with Gasteiger partial charge in [-0.1, -0.05) is 39.0 Å². The lowest BCUT2D eigenvalue weighted by Crippen LogP contribution is -2.39. The maximum atomic E-state index is 11.6. The van der Waals surface area contributed by atoms with Gasteiger partial charge >= 0.3 is 0 Å². The fourth-order valence-electron chi connectivity index (χ4n) is 2.89. The summed E-state index contributed by atoms with van der Waals surface area (Å²) in [5.74, 6) is 1.66. The average molecular weight is 438 g/mol. The van der Waals surface area contributed by atoms with Gasteiger partial charge in [-0.25, -0.2) is 4.99 Å². The van der Waals surface area contributed by atoms with Crippen LogP contribution in [-0.4, -0.2) is 38.0 Å². The van der Waals surface area contributed by atoms with Crippen molar-refractivity contribution >= 4 is 35.8 Å². The Balaban J connectivity index is 0.00000484. The molecule has 1 saturated carbocycles. The molecule has 0 spiro atoms. The van der Waals surface area contributed by atoms with Crippen LogP contribution in [0.5, 0.6) is 0 Å². The molecule has 1 aliphatic carbocycles. The molecule has 0 saturated heterocycles. The Kier molecular flexibility index (Phi) is 14.7. The van der Waals surface area contributed by atoms with Crippen molar-refractivity contribution in [3.05, 3.63) is 0 Å². The number of hydrogen-bond donors (Lipinski definition) is 3. The maximum Gasteiger partial charge on any atom is 0.241 e. The molecule has 1 aliphatic rings. The SMILES string of the molecule is CCCNC(=O)CN=C(NCC)NCCCC1CCCCC1.I. The van der Waals surface area contributed by atoms with Crippen LogP contribution in [-0.2, 0) is 4.79 Å². The zero-order valence-electron chi connectivity index (χ0n) is 14.8. The molecule has 0 heterocycles. The number of rotatable bonds is 9. The van der Waals surface area contributed by atoms with Crippen molar-refractivity contribution in [3.8, 4) is 0 Å². The predicted molar refractivity (Wildman–Crippen MR) is 109 cm³/mol. The highest BCUT2D eigenvalue weighted by Gasteiger charge is 2.12. The topological polar surface area (TPSA) is 65.5 Å². The van der Waals surface area contributed by atoms with Gasteiger partial charge in [0.05, 0.1) is 0 Å². The van der Waals surface area contributed by atoms with Crippen LogP contribution in [0.25, 0.3) is 0 Å². The fraction of sp³-hybridized carbons (Fsp3) is 0.882. The van der Waals surface area contributed by atoms with Crippen LogP contribution in [0.3, 0.4) is 0 Å². The van der Waals surface area contributed by atoms with Gasteiger partial charge in [0.2, 0.25) is 5.91 Å². The van der Waals surface area contributed by atoms with Crippen molar-refractivity contribution in [1.29, 1.82) is 0 Å². The monoisotopic (exact) mass is 438 g/mol. The second-order valence-corrected chi connectivity index (χ2v) is 6.12. The lowest BCUT2D eigenvalue weighted by atomic mass is 9.86. The number of halogens is 1. The van der Waals surface area contributed by atoms with Gasteiger partial charge in [-0.3, -0.25) is 4.79 Å². The van der Waals surface area contributed by atoms with Crippen LogP contribution in [0.15, 0.2) is 4.99 Å². The summed E-state index contributed by atoms with van der Waals surface area (Å²) < 4.78 is 0. The molecule has 1 amide bonds. The largest absolute Gasteiger partial charge is 0.357 e. The molecule has 1 rings (SSSR count). The quantitative estimate of drug-likeness (QED) is 0.224. The van der Waals surface area contributed by atoms with Crippen molar-refractivity contribution in [3.63, 3.8) is 0 Å². The standard InChI is InChI=1S/C17H34N4O.HI/c1-3-12-19-16(22)14-21-17(18-4-2)20-13-8-11-15-9-6-5-7-10-15;/h15H,3-14H2,1-2H3,(H,19,22)(H2,18,20,21);1H. The molecule has 5 nitrogen and oxygen atoms in total. The molecule has 0 unspecified atom stereocenters. The van der Waals surface area contributed by atoms with E-state index in [0.29, 0.717) is 0 Å². The minimum Gasteiger partial charge on any atom is -0.357 e. The molecule has 0 aromatic carbocycles. The molecule has 3 N–H and O–H groups in total. The number of nitrogens with one attached hydrogen (secondary N) is 3. The molecule has 6 heteroatoms. The van der Waals surface area contributed by atoms with Crippen LogP contribution < -0.4 is 16.0 Å². The summed E-state index contributed by atoms with van der Waals surface area (Å²) in [6.07, 6.45) is 10.5. The van der Waals surface area contributed by atoms with Crippen molar-refractivity contribution in [1.82, 2.24) is 16.0 Å². The second-order valence-electron chi connectivity index (χ2n) is 6.12. The van der Waals surface area contributed by atoms with Gasteiger partial charge in [0.25, 0.3) is 0 Å². The van der Waals surface area contributed by atoms with Gasteiger partial charge in [-0.2, -0.15) is 0 Å². The molecule has 0 radical (unpaired) electrons. The first-order chi connectivity index (χ1) is 10.8. The summed E-state index contributed by atoms with van der Waals surface area (Å²) in [5, 5.41) is 9.36. The van der Waals surface area contributed by atoms with Gasteiger partial charge in [0, 0.05) is 19.6 Å². The van der Waals surface area contributed by atoms with E-state index in [1.807, 2.05) is 13.8 Å². The first-order valence-electron chi connectivity index (χ1n) is 9.05. The Bertz CT molecular complexity index is 331. The molecule has 23 heavy (non-hydrogen) atoms. The van der Waals surface area contributed by atoms with Crippen molar-refractivity contribution in [2.24, 2.45) is 10.9 Å². The minimum atomic E-state index is -0.0127. The third-order valence-corrected chi connectivity index (χ3v) is 4.10. The lowest BCUT2D eigenvalue weighted by Gasteiger charge is -2.21. The first kappa shape index (κ1) is 22.5. The predicted octanol–water partition coefficient (Wildman–Crippen LogP) is 3.05. The van der Waals surface area contributed by atoms with Crippen LogP contribution in [0.2, 0.25) is 0 Å². The van der Waals surface area contributed by atoms with Crippen LogP contribution >= 0.6 is 24.0 Å². The first-order valence-corrected chi connectivity index (χ1v) is 9.05. The highest BCUT2D eigenvalue weighted by Crippen LogP contribution is 2.26. The average Bonchev–Trinajstić information content (AvgIpc) is 2.55. The van der Waals surface area contributed by atoms with E-state index in [0.717, 1.165) is 37.9 Å². The van der Waals surface area contributed by atoms with E-state index in [1.165, 1.54) is 44.9 Å². The molecule has 0 aliphatic heterocycles. The molecular weight excluding hydrogens is 403 g/mol. The van der Waals surface area contributed by atoms with Gasteiger partial charge in [-0.15, -0.1) is 24.0 Å². The van der Waals surface area contributed by atoms with Crippen LogP contribution in [0.1, 0.15) is 65.2 Å². The number of aliphatic imine (C=N–C) groups is 1. The number of carbonyl (C=O) groups is 1. The summed E-state index contributed by atoms with van der Waals surface area (Å²) in [7, 11) is 0. The Hall–Kier alpha value is -0.530. The minimum absolute atomic E-state index is 0. The van der Waals surface area contributed by atoms with Gasteiger partial charge in [0.15, 0.2) is 5.96 Å². The summed E-state index contributed by atoms with van der Waals surface area (Å²) in [6, 6.07) is 0. The highest BCUT2D eigenvalue weighted by atomic mass is 127. The Morgan fingerprint density at radius 3 is 2.43 bits per heavy atom. The molecule has 136 valence electrons. The summed E-state index contributed by atoms with van der Waals surface area (Å²) in [5.41, 5.74) is 0. The van der Waals surface area contributed by atoms with Crippen LogP contribution in [0.4, 0.5) is 0 Å². The second kappa shape index (κ2) is 15.0. The van der Waals surface area contributed by atoms with Crippen molar-refractivity contribution in [2.75, 3.05) is 26.2 Å². The van der Waals surface area contributed by atoms with Gasteiger partial charge in [-0.05, 0) is 32.1 Å². The van der Waals surface area contributed by atoms with E-state index in [4.69, 9.17) is 0 Å². The molecule has 0 aromatic rings. The van der Waals surface area contributed by atoms with E-state index >= 15 is 0 Å². The Morgan fingerprint density at radius 1 is 1.04 bits per heavy atom. The maximum absolute atomic E-state index is 11.6. The molecular formula is C17H35IN4O. The summed E-state index contributed by atoms with van der Waals surface area (Å²) in [6.45, 7) is 6.74. The number of carbonyl (C=O) groups excluding carboxylic acids is 1. The third kappa shape index (κ3) is 11.6. The zero-order chi connectivity index (χ0) is 16.0. The van der Waals surface area contributed by atoms with Crippen molar-refractivity contribution < 1.29 is 4.79 Å². The fourth-order valence-corrected chi connectivity index (χ4v) is 2.89. The van der Waals surface area contributed by atoms with E-state index in [1.54, 1.807) is 0 Å². The Labute approximate surface area is 158 Å². The third-order valence-electron chi connectivity index (χ3n) is 4.10. The summed E-state index contributed by atoms with van der Waals surface area (Å²) >= 11 is 0.